The highest BCUT2D eigenvalue weighted by Crippen LogP contribution is 2.27. The number of carbonyl (C=O) groups excluding carboxylic acids is 1. The normalized spacial score (nSPS) is 20.7. The molecule has 2 rings (SSSR count). The smallest absolute Gasteiger partial charge is 0.254 e. The Hall–Kier alpha value is -1.83. The minimum atomic E-state index is -0.661. The van der Waals surface area contributed by atoms with Gasteiger partial charge in [-0.05, 0) is 37.5 Å². The predicted octanol–water partition coefficient (Wildman–Crippen LogP) is 1.52. The van der Waals surface area contributed by atoms with Crippen molar-refractivity contribution in [3.05, 3.63) is 35.4 Å². The van der Waals surface area contributed by atoms with Crippen molar-refractivity contribution in [2.45, 2.75) is 31.9 Å². The molecule has 1 fully saturated rings. The molecule has 21 heavy (non-hydrogen) atoms. The Labute approximate surface area is 126 Å². The van der Waals surface area contributed by atoms with Gasteiger partial charge in [0.05, 0.1) is 6.54 Å². The lowest BCUT2D eigenvalue weighted by atomic mass is 10.0. The van der Waals surface area contributed by atoms with E-state index in [0.717, 1.165) is 24.0 Å². The number of rotatable bonds is 3. The van der Waals surface area contributed by atoms with Crippen LogP contribution in [0.5, 0.6) is 0 Å². The van der Waals surface area contributed by atoms with E-state index in [9.17, 15) is 4.79 Å². The second-order valence-corrected chi connectivity index (χ2v) is 5.55. The van der Waals surface area contributed by atoms with Crippen LogP contribution in [0.4, 0.5) is 0 Å². The van der Waals surface area contributed by atoms with Gasteiger partial charge in [-0.25, -0.2) is 0 Å². The van der Waals surface area contributed by atoms with E-state index in [1.807, 2.05) is 38.2 Å². The molecule has 4 heteroatoms. The molecule has 0 aromatic heterocycles. The van der Waals surface area contributed by atoms with Crippen molar-refractivity contribution in [3.8, 4) is 11.8 Å². The first-order chi connectivity index (χ1) is 10.0. The van der Waals surface area contributed by atoms with Gasteiger partial charge in [-0.1, -0.05) is 24.0 Å². The molecule has 1 aromatic carbocycles. The summed E-state index contributed by atoms with van der Waals surface area (Å²) in [5.74, 6) is 5.88. The standard InChI is InChI=1S/C17H22N2O2/c1-17(9-5-11-21-17)16(20)19(2)13-15-7-3-6-14(12-15)8-4-10-18/h3,6-7,12H,5,9-11,13,18H2,1-2H3. The summed E-state index contributed by atoms with van der Waals surface area (Å²) < 4.78 is 5.61. The lowest BCUT2D eigenvalue weighted by Gasteiger charge is -2.28. The van der Waals surface area contributed by atoms with E-state index in [1.54, 1.807) is 4.90 Å². The number of nitrogens with two attached hydrogens (primary N) is 1. The van der Waals surface area contributed by atoms with Crippen molar-refractivity contribution >= 4 is 5.91 Å². The van der Waals surface area contributed by atoms with Gasteiger partial charge in [0.15, 0.2) is 0 Å². The van der Waals surface area contributed by atoms with Crippen molar-refractivity contribution in [1.82, 2.24) is 4.90 Å². The molecular formula is C17H22N2O2. The number of benzene rings is 1. The van der Waals surface area contributed by atoms with Gasteiger partial charge in [0.2, 0.25) is 0 Å². The predicted molar refractivity (Wildman–Crippen MR) is 82.4 cm³/mol. The van der Waals surface area contributed by atoms with Crippen LogP contribution in [0.1, 0.15) is 30.9 Å². The summed E-state index contributed by atoms with van der Waals surface area (Å²) in [6.07, 6.45) is 1.73. The molecule has 0 saturated carbocycles. The summed E-state index contributed by atoms with van der Waals surface area (Å²) in [5, 5.41) is 0. The van der Waals surface area contributed by atoms with E-state index in [4.69, 9.17) is 10.5 Å². The second kappa shape index (κ2) is 6.75. The van der Waals surface area contributed by atoms with Crippen molar-refractivity contribution < 1.29 is 9.53 Å². The Kier molecular flexibility index (Phi) is 5.00. The van der Waals surface area contributed by atoms with Gasteiger partial charge < -0.3 is 15.4 Å². The van der Waals surface area contributed by atoms with Gasteiger partial charge in [-0.2, -0.15) is 0 Å². The molecule has 2 N–H and O–H groups in total. The summed E-state index contributed by atoms with van der Waals surface area (Å²) in [6.45, 7) is 3.44. The van der Waals surface area contributed by atoms with Crippen molar-refractivity contribution in [3.63, 3.8) is 0 Å². The molecule has 4 nitrogen and oxygen atoms in total. The van der Waals surface area contributed by atoms with Crippen LogP contribution < -0.4 is 5.73 Å². The van der Waals surface area contributed by atoms with Crippen LogP contribution in [0.2, 0.25) is 0 Å². The van der Waals surface area contributed by atoms with Gasteiger partial charge in [0, 0.05) is 25.8 Å². The van der Waals surface area contributed by atoms with Crippen molar-refractivity contribution in [2.75, 3.05) is 20.2 Å². The van der Waals surface area contributed by atoms with Crippen LogP contribution in [0.25, 0.3) is 0 Å². The van der Waals surface area contributed by atoms with E-state index >= 15 is 0 Å². The van der Waals surface area contributed by atoms with Crippen LogP contribution >= 0.6 is 0 Å². The summed E-state index contributed by atoms with van der Waals surface area (Å²) in [6, 6.07) is 7.87. The van der Waals surface area contributed by atoms with Gasteiger partial charge in [-0.15, -0.1) is 0 Å². The van der Waals surface area contributed by atoms with Crippen molar-refractivity contribution in [2.24, 2.45) is 5.73 Å². The zero-order valence-corrected chi connectivity index (χ0v) is 12.7. The minimum absolute atomic E-state index is 0.0402. The Morgan fingerprint density at radius 2 is 2.33 bits per heavy atom. The number of nitrogens with zero attached hydrogens (tertiary/aromatic N) is 1. The first-order valence-corrected chi connectivity index (χ1v) is 7.22. The molecular weight excluding hydrogens is 264 g/mol. The van der Waals surface area contributed by atoms with Crippen molar-refractivity contribution in [1.29, 1.82) is 0 Å². The summed E-state index contributed by atoms with van der Waals surface area (Å²) in [7, 11) is 1.81. The third-order valence-corrected chi connectivity index (χ3v) is 3.70. The van der Waals surface area contributed by atoms with Crippen LogP contribution in [0.3, 0.4) is 0 Å². The minimum Gasteiger partial charge on any atom is -0.365 e. The Morgan fingerprint density at radius 1 is 1.52 bits per heavy atom. The first kappa shape index (κ1) is 15.6. The SMILES string of the molecule is CN(Cc1cccc(C#CCN)c1)C(=O)C1(C)CCCO1. The quantitative estimate of drug-likeness (QED) is 0.857. The van der Waals surface area contributed by atoms with Gasteiger partial charge >= 0.3 is 0 Å². The fraction of sp³-hybridized carbons (Fsp3) is 0.471. The largest absolute Gasteiger partial charge is 0.365 e. The van der Waals surface area contributed by atoms with Gasteiger partial charge in [0.1, 0.15) is 5.60 Å². The third-order valence-electron chi connectivity index (χ3n) is 3.70. The van der Waals surface area contributed by atoms with E-state index in [1.165, 1.54) is 0 Å². The maximum absolute atomic E-state index is 12.5. The highest BCUT2D eigenvalue weighted by Gasteiger charge is 2.39. The average molecular weight is 286 g/mol. The Balaban J connectivity index is 2.05. The van der Waals surface area contributed by atoms with E-state index in [0.29, 0.717) is 19.7 Å². The fourth-order valence-electron chi connectivity index (χ4n) is 2.60. The lowest BCUT2D eigenvalue weighted by molar-refractivity contribution is -0.150. The second-order valence-electron chi connectivity index (χ2n) is 5.55. The van der Waals surface area contributed by atoms with Crippen LogP contribution in [0, 0.1) is 11.8 Å². The molecule has 1 saturated heterocycles. The van der Waals surface area contributed by atoms with Gasteiger partial charge in [0.25, 0.3) is 5.91 Å². The molecule has 1 heterocycles. The summed E-state index contributed by atoms with van der Waals surface area (Å²) >= 11 is 0. The molecule has 1 amide bonds. The zero-order chi connectivity index (χ0) is 15.3. The molecule has 0 aliphatic carbocycles. The molecule has 1 aliphatic rings. The number of amides is 1. The number of hydrogen-bond acceptors (Lipinski definition) is 3. The number of hydrogen-bond donors (Lipinski definition) is 1. The molecule has 1 unspecified atom stereocenters. The van der Waals surface area contributed by atoms with Crippen LogP contribution in [-0.4, -0.2) is 36.6 Å². The van der Waals surface area contributed by atoms with Crippen LogP contribution in [-0.2, 0) is 16.1 Å². The molecule has 0 bridgehead atoms. The van der Waals surface area contributed by atoms with E-state index in [2.05, 4.69) is 11.8 Å². The molecule has 0 radical (unpaired) electrons. The van der Waals surface area contributed by atoms with E-state index in [-0.39, 0.29) is 5.91 Å². The number of carbonyl (C=O) groups is 1. The number of ether oxygens (including phenoxy) is 1. The fourth-order valence-corrected chi connectivity index (χ4v) is 2.60. The van der Waals surface area contributed by atoms with Crippen LogP contribution in [0.15, 0.2) is 24.3 Å². The molecule has 1 aromatic rings. The zero-order valence-electron chi connectivity index (χ0n) is 12.7. The number of likely N-dealkylation sites (N-methyl/N-ethyl adjacent to an activating group) is 1. The Morgan fingerprint density at radius 3 is 3.00 bits per heavy atom. The highest BCUT2D eigenvalue weighted by atomic mass is 16.5. The van der Waals surface area contributed by atoms with Gasteiger partial charge in [-0.3, -0.25) is 4.79 Å². The monoisotopic (exact) mass is 286 g/mol. The maximum Gasteiger partial charge on any atom is 0.254 e. The van der Waals surface area contributed by atoms with E-state index < -0.39 is 5.60 Å². The lowest BCUT2D eigenvalue weighted by Crippen LogP contribution is -2.44. The molecule has 0 spiro atoms. The maximum atomic E-state index is 12.5. The molecule has 112 valence electrons. The highest BCUT2D eigenvalue weighted by molar-refractivity contribution is 5.84. The Bertz CT molecular complexity index is 566. The average Bonchev–Trinajstić information content (AvgIpc) is 2.92. The molecule has 1 aliphatic heterocycles. The first-order valence-electron chi connectivity index (χ1n) is 7.22. The molecule has 1 atom stereocenters. The third kappa shape index (κ3) is 3.84. The summed E-state index contributed by atoms with van der Waals surface area (Å²) in [4.78, 5) is 14.2. The summed E-state index contributed by atoms with van der Waals surface area (Å²) in [5.41, 5.74) is 6.69. The topological polar surface area (TPSA) is 55.6 Å².